The van der Waals surface area contributed by atoms with Crippen molar-refractivity contribution in [2.75, 3.05) is 0 Å². The molecule has 0 saturated heterocycles. The number of aliphatic hydroxyl groups excluding tert-OH is 1. The fourth-order valence-corrected chi connectivity index (χ4v) is 2.28. The molecular formula is C14H23NO. The van der Waals surface area contributed by atoms with E-state index >= 15 is 0 Å². The molecule has 1 saturated carbocycles. The Balaban J connectivity index is 1.95. The van der Waals surface area contributed by atoms with Crippen molar-refractivity contribution in [2.24, 2.45) is 11.8 Å². The highest BCUT2D eigenvalue weighted by Gasteiger charge is 2.31. The Kier molecular flexibility index (Phi) is 3.70. The zero-order valence-corrected chi connectivity index (χ0v) is 10.4. The van der Waals surface area contributed by atoms with Crippen LogP contribution < -0.4 is 0 Å². The summed E-state index contributed by atoms with van der Waals surface area (Å²) in [4.78, 5) is 0. The van der Waals surface area contributed by atoms with Crippen molar-refractivity contribution in [2.45, 2.75) is 52.2 Å². The van der Waals surface area contributed by atoms with Gasteiger partial charge in [-0.3, -0.25) is 0 Å². The molecule has 0 amide bonds. The van der Waals surface area contributed by atoms with Crippen molar-refractivity contribution in [1.29, 1.82) is 0 Å². The third-order valence-corrected chi connectivity index (χ3v) is 3.81. The van der Waals surface area contributed by atoms with E-state index in [0.717, 1.165) is 18.0 Å². The normalized spacial score (nSPS) is 18.0. The molecule has 1 atom stereocenters. The van der Waals surface area contributed by atoms with E-state index in [1.807, 2.05) is 0 Å². The van der Waals surface area contributed by atoms with Crippen LogP contribution in [0.15, 0.2) is 18.5 Å². The lowest BCUT2D eigenvalue weighted by Crippen LogP contribution is -2.07. The van der Waals surface area contributed by atoms with Crippen molar-refractivity contribution < 1.29 is 5.11 Å². The fraction of sp³-hybridized carbons (Fsp3) is 0.714. The SMILES string of the molecule is CCC(CC)Cn1ccc(C(O)C2CC2)c1. The van der Waals surface area contributed by atoms with Gasteiger partial charge in [0.05, 0.1) is 6.10 Å². The summed E-state index contributed by atoms with van der Waals surface area (Å²) in [7, 11) is 0. The molecule has 2 rings (SSSR count). The van der Waals surface area contributed by atoms with Crippen molar-refractivity contribution >= 4 is 0 Å². The summed E-state index contributed by atoms with van der Waals surface area (Å²) in [6, 6.07) is 2.07. The van der Waals surface area contributed by atoms with Gasteiger partial charge in [-0.15, -0.1) is 0 Å². The predicted molar refractivity (Wildman–Crippen MR) is 66.2 cm³/mol. The molecule has 0 aromatic carbocycles. The molecule has 1 aliphatic carbocycles. The minimum Gasteiger partial charge on any atom is -0.388 e. The van der Waals surface area contributed by atoms with Crippen LogP contribution in [0.2, 0.25) is 0 Å². The van der Waals surface area contributed by atoms with Crippen molar-refractivity contribution in [3.05, 3.63) is 24.0 Å². The Hall–Kier alpha value is -0.760. The molecule has 1 unspecified atom stereocenters. The zero-order chi connectivity index (χ0) is 11.5. The minimum absolute atomic E-state index is 0.219. The summed E-state index contributed by atoms with van der Waals surface area (Å²) in [6.07, 6.45) is 8.87. The molecule has 16 heavy (non-hydrogen) atoms. The zero-order valence-electron chi connectivity index (χ0n) is 10.4. The highest BCUT2D eigenvalue weighted by molar-refractivity contribution is 5.16. The molecule has 90 valence electrons. The maximum atomic E-state index is 10.0. The van der Waals surface area contributed by atoms with Crippen LogP contribution in [0.5, 0.6) is 0 Å². The van der Waals surface area contributed by atoms with Crippen molar-refractivity contribution in [3.63, 3.8) is 0 Å². The summed E-state index contributed by atoms with van der Waals surface area (Å²) >= 11 is 0. The van der Waals surface area contributed by atoms with Crippen LogP contribution in [-0.4, -0.2) is 9.67 Å². The van der Waals surface area contributed by atoms with Crippen LogP contribution >= 0.6 is 0 Å². The van der Waals surface area contributed by atoms with E-state index in [1.165, 1.54) is 25.7 Å². The van der Waals surface area contributed by atoms with Gasteiger partial charge in [-0.1, -0.05) is 26.7 Å². The van der Waals surface area contributed by atoms with Crippen LogP contribution in [0.1, 0.15) is 51.2 Å². The second-order valence-electron chi connectivity index (χ2n) is 5.11. The highest BCUT2D eigenvalue weighted by Crippen LogP contribution is 2.40. The first kappa shape index (κ1) is 11.7. The second kappa shape index (κ2) is 5.05. The second-order valence-corrected chi connectivity index (χ2v) is 5.11. The first-order chi connectivity index (χ1) is 7.74. The smallest absolute Gasteiger partial charge is 0.0832 e. The number of hydrogen-bond donors (Lipinski definition) is 1. The Bertz CT molecular complexity index is 323. The van der Waals surface area contributed by atoms with Crippen LogP contribution in [0, 0.1) is 11.8 Å². The molecule has 0 radical (unpaired) electrons. The van der Waals surface area contributed by atoms with E-state index in [-0.39, 0.29) is 6.10 Å². The first-order valence-electron chi connectivity index (χ1n) is 6.58. The molecule has 0 spiro atoms. The number of hydrogen-bond acceptors (Lipinski definition) is 1. The van der Waals surface area contributed by atoms with Crippen LogP contribution in [-0.2, 0) is 6.54 Å². The molecule has 2 heteroatoms. The first-order valence-corrected chi connectivity index (χ1v) is 6.58. The lowest BCUT2D eigenvalue weighted by Gasteiger charge is -2.13. The van der Waals surface area contributed by atoms with Gasteiger partial charge in [0.2, 0.25) is 0 Å². The lowest BCUT2D eigenvalue weighted by molar-refractivity contribution is 0.153. The summed E-state index contributed by atoms with van der Waals surface area (Å²) in [6.45, 7) is 5.58. The van der Waals surface area contributed by atoms with E-state index in [2.05, 4.69) is 36.9 Å². The van der Waals surface area contributed by atoms with E-state index in [4.69, 9.17) is 0 Å². The van der Waals surface area contributed by atoms with Gasteiger partial charge in [0.1, 0.15) is 0 Å². The quantitative estimate of drug-likeness (QED) is 0.783. The van der Waals surface area contributed by atoms with Crippen molar-refractivity contribution in [1.82, 2.24) is 4.57 Å². The maximum Gasteiger partial charge on any atom is 0.0832 e. The average molecular weight is 221 g/mol. The summed E-state index contributed by atoms with van der Waals surface area (Å²) < 4.78 is 2.23. The maximum absolute atomic E-state index is 10.0. The molecule has 1 aromatic rings. The highest BCUT2D eigenvalue weighted by atomic mass is 16.3. The standard InChI is InChI=1S/C14H23NO/c1-3-11(4-2)9-15-8-7-13(10-15)14(16)12-5-6-12/h7-8,10-12,14,16H,3-6,9H2,1-2H3. The molecule has 1 aliphatic rings. The number of nitrogens with zero attached hydrogens (tertiary/aromatic N) is 1. The summed E-state index contributed by atoms with van der Waals surface area (Å²) in [5.41, 5.74) is 1.11. The van der Waals surface area contributed by atoms with E-state index in [1.54, 1.807) is 0 Å². The fourth-order valence-electron chi connectivity index (χ4n) is 2.28. The van der Waals surface area contributed by atoms with Gasteiger partial charge in [-0.25, -0.2) is 0 Å². The Morgan fingerprint density at radius 2 is 2.06 bits per heavy atom. The lowest BCUT2D eigenvalue weighted by atomic mass is 10.0. The predicted octanol–water partition coefficient (Wildman–Crippen LogP) is 3.37. The molecule has 2 nitrogen and oxygen atoms in total. The van der Waals surface area contributed by atoms with Gasteiger partial charge in [-0.2, -0.15) is 0 Å². The Morgan fingerprint density at radius 3 is 2.62 bits per heavy atom. The topological polar surface area (TPSA) is 25.2 Å². The molecule has 0 aliphatic heterocycles. The Labute approximate surface area is 98.3 Å². The van der Waals surface area contributed by atoms with Gasteiger partial charge in [0, 0.05) is 18.9 Å². The van der Waals surface area contributed by atoms with Gasteiger partial charge < -0.3 is 9.67 Å². The van der Waals surface area contributed by atoms with Crippen molar-refractivity contribution in [3.8, 4) is 0 Å². The summed E-state index contributed by atoms with van der Waals surface area (Å²) in [5.74, 6) is 1.29. The van der Waals surface area contributed by atoms with E-state index in [9.17, 15) is 5.11 Å². The third kappa shape index (κ3) is 2.67. The average Bonchev–Trinajstić information content (AvgIpc) is 3.05. The molecule has 1 N–H and O–H groups in total. The van der Waals surface area contributed by atoms with Gasteiger partial charge in [0.25, 0.3) is 0 Å². The van der Waals surface area contributed by atoms with Gasteiger partial charge in [0.15, 0.2) is 0 Å². The molecule has 1 heterocycles. The van der Waals surface area contributed by atoms with Gasteiger partial charge >= 0.3 is 0 Å². The van der Waals surface area contributed by atoms with E-state index in [0.29, 0.717) is 5.92 Å². The van der Waals surface area contributed by atoms with E-state index < -0.39 is 0 Å². The minimum atomic E-state index is -0.219. The third-order valence-electron chi connectivity index (χ3n) is 3.81. The van der Waals surface area contributed by atoms with Gasteiger partial charge in [-0.05, 0) is 36.3 Å². The van der Waals surface area contributed by atoms with Crippen LogP contribution in [0.4, 0.5) is 0 Å². The molecular weight excluding hydrogens is 198 g/mol. The molecule has 1 fully saturated rings. The molecule has 0 bridgehead atoms. The van der Waals surface area contributed by atoms with Crippen LogP contribution in [0.25, 0.3) is 0 Å². The van der Waals surface area contributed by atoms with Crippen LogP contribution in [0.3, 0.4) is 0 Å². The number of aliphatic hydroxyl groups is 1. The monoisotopic (exact) mass is 221 g/mol. The summed E-state index contributed by atoms with van der Waals surface area (Å²) in [5, 5.41) is 10.0. The molecule has 1 aromatic heterocycles. The number of rotatable bonds is 6. The Morgan fingerprint density at radius 1 is 1.38 bits per heavy atom. The number of aromatic nitrogens is 1. The largest absolute Gasteiger partial charge is 0.388 e.